The van der Waals surface area contributed by atoms with Crippen LogP contribution in [0.3, 0.4) is 0 Å². The zero-order chi connectivity index (χ0) is 19.0. The van der Waals surface area contributed by atoms with Crippen LogP contribution in [0.5, 0.6) is 5.75 Å². The largest absolute Gasteiger partial charge is 0.487 e. The second kappa shape index (κ2) is 7.03. The van der Waals surface area contributed by atoms with Crippen LogP contribution in [0.25, 0.3) is 10.9 Å². The number of carbonyl (C=O) groups is 2. The number of ether oxygens (including phenoxy) is 1. The molecule has 0 spiro atoms. The van der Waals surface area contributed by atoms with Crippen molar-refractivity contribution in [2.75, 3.05) is 0 Å². The van der Waals surface area contributed by atoms with Gasteiger partial charge in [-0.15, -0.1) is 0 Å². The number of rotatable bonds is 5. The topological polar surface area (TPSA) is 94.3 Å². The highest BCUT2D eigenvalue weighted by atomic mass is 32.2. The number of hydrogen-bond donors (Lipinski definition) is 1. The highest BCUT2D eigenvalue weighted by Gasteiger charge is 2.31. The molecule has 7 nitrogen and oxygen atoms in total. The van der Waals surface area contributed by atoms with Crippen molar-refractivity contribution in [1.29, 1.82) is 0 Å². The average molecular weight is 383 g/mol. The molecule has 1 atom stereocenters. The smallest absolute Gasteiger partial charge is 0.286 e. The molecule has 0 radical (unpaired) electrons. The number of nitrogens with zero attached hydrogens (tertiary/aromatic N) is 2. The number of imide groups is 1. The fraction of sp³-hybridized carbons (Fsp3) is 0.263. The molecular formula is C19H17N3O4S. The van der Waals surface area contributed by atoms with Gasteiger partial charge >= 0.3 is 0 Å². The summed E-state index contributed by atoms with van der Waals surface area (Å²) in [5, 5.41) is 2.56. The van der Waals surface area contributed by atoms with Crippen molar-refractivity contribution in [2.24, 2.45) is 0 Å². The fourth-order valence-electron chi connectivity index (χ4n) is 2.95. The Labute approximate surface area is 159 Å². The molecule has 1 fully saturated rings. The number of hydrogen-bond acceptors (Lipinski definition) is 7. The number of oxazole rings is 1. The molecule has 0 aliphatic carbocycles. The van der Waals surface area contributed by atoms with Gasteiger partial charge in [0.25, 0.3) is 5.24 Å². The minimum Gasteiger partial charge on any atom is -0.487 e. The second-order valence-electron chi connectivity index (χ2n) is 6.31. The van der Waals surface area contributed by atoms with Crippen LogP contribution in [0, 0.1) is 13.8 Å². The number of aromatic nitrogens is 2. The molecule has 27 heavy (non-hydrogen) atoms. The van der Waals surface area contributed by atoms with Gasteiger partial charge in [0, 0.05) is 24.6 Å². The van der Waals surface area contributed by atoms with Crippen molar-refractivity contribution in [1.82, 2.24) is 15.3 Å². The van der Waals surface area contributed by atoms with Gasteiger partial charge in [-0.05, 0) is 37.1 Å². The van der Waals surface area contributed by atoms with Crippen LogP contribution in [-0.2, 0) is 17.8 Å². The fourth-order valence-corrected chi connectivity index (χ4v) is 3.81. The van der Waals surface area contributed by atoms with Crippen molar-refractivity contribution in [3.8, 4) is 5.75 Å². The Kier molecular flexibility index (Phi) is 4.57. The average Bonchev–Trinajstić information content (AvgIpc) is 3.12. The lowest BCUT2D eigenvalue weighted by atomic mass is 10.1. The maximum absolute atomic E-state index is 11.7. The van der Waals surface area contributed by atoms with Crippen LogP contribution in [0.15, 0.2) is 34.9 Å². The molecule has 1 unspecified atom stereocenters. The summed E-state index contributed by atoms with van der Waals surface area (Å²) in [6.07, 6.45) is 2.20. The summed E-state index contributed by atoms with van der Waals surface area (Å²) in [4.78, 5) is 31.7. The van der Waals surface area contributed by atoms with Crippen molar-refractivity contribution in [3.05, 3.63) is 53.4 Å². The van der Waals surface area contributed by atoms with Gasteiger partial charge < -0.3 is 9.15 Å². The Morgan fingerprint density at radius 2 is 2.11 bits per heavy atom. The van der Waals surface area contributed by atoms with E-state index in [0.29, 0.717) is 24.7 Å². The summed E-state index contributed by atoms with van der Waals surface area (Å²) in [6.45, 7) is 3.99. The number of aryl methyl sites for hydroxylation is 2. The van der Waals surface area contributed by atoms with Crippen LogP contribution in [0.2, 0.25) is 0 Å². The Hall–Kier alpha value is -2.87. The molecule has 1 aromatic carbocycles. The molecule has 2 amide bonds. The van der Waals surface area contributed by atoms with E-state index in [-0.39, 0.29) is 11.1 Å². The molecule has 1 N–H and O–H groups in total. The number of carbonyl (C=O) groups excluding carboxylic acids is 2. The highest BCUT2D eigenvalue weighted by Crippen LogP contribution is 2.25. The first-order valence-electron chi connectivity index (χ1n) is 8.44. The minimum atomic E-state index is -0.395. The number of nitrogens with one attached hydrogen (secondary N) is 1. The summed E-state index contributed by atoms with van der Waals surface area (Å²) in [5.41, 5.74) is 2.48. The highest BCUT2D eigenvalue weighted by molar-refractivity contribution is 8.15. The van der Waals surface area contributed by atoms with Gasteiger partial charge in [0.05, 0.1) is 10.8 Å². The van der Waals surface area contributed by atoms with Crippen molar-refractivity contribution >= 4 is 33.8 Å². The minimum absolute atomic E-state index is 0.243. The van der Waals surface area contributed by atoms with Crippen LogP contribution < -0.4 is 10.1 Å². The molecule has 1 aliphatic rings. The van der Waals surface area contributed by atoms with Crippen LogP contribution in [-0.4, -0.2) is 26.4 Å². The van der Waals surface area contributed by atoms with Crippen molar-refractivity contribution in [3.63, 3.8) is 0 Å². The van der Waals surface area contributed by atoms with Crippen LogP contribution in [0.1, 0.15) is 22.9 Å². The molecular weight excluding hydrogens is 366 g/mol. The van der Waals surface area contributed by atoms with E-state index in [1.165, 1.54) is 0 Å². The van der Waals surface area contributed by atoms with Crippen LogP contribution >= 0.6 is 11.8 Å². The van der Waals surface area contributed by atoms with E-state index in [2.05, 4.69) is 15.3 Å². The summed E-state index contributed by atoms with van der Waals surface area (Å²) in [5.74, 6) is 1.82. The van der Waals surface area contributed by atoms with Gasteiger partial charge in [-0.1, -0.05) is 11.8 Å². The third-order valence-electron chi connectivity index (χ3n) is 4.28. The zero-order valence-electron chi connectivity index (χ0n) is 14.8. The summed E-state index contributed by atoms with van der Waals surface area (Å²) < 4.78 is 11.2. The predicted octanol–water partition coefficient (Wildman–Crippen LogP) is 3.31. The maximum Gasteiger partial charge on any atom is 0.286 e. The Morgan fingerprint density at radius 1 is 1.26 bits per heavy atom. The molecule has 4 rings (SSSR count). The number of thioether (sulfide) groups is 1. The summed E-state index contributed by atoms with van der Waals surface area (Å²) in [7, 11) is 0. The van der Waals surface area contributed by atoms with E-state index in [0.717, 1.165) is 39.7 Å². The van der Waals surface area contributed by atoms with E-state index in [1.54, 1.807) is 13.1 Å². The number of pyridine rings is 1. The van der Waals surface area contributed by atoms with Crippen molar-refractivity contribution < 1.29 is 18.7 Å². The molecule has 3 heterocycles. The maximum atomic E-state index is 11.7. The van der Waals surface area contributed by atoms with E-state index in [1.807, 2.05) is 31.2 Å². The first-order valence-corrected chi connectivity index (χ1v) is 9.32. The second-order valence-corrected chi connectivity index (χ2v) is 7.49. The van der Waals surface area contributed by atoms with Crippen molar-refractivity contribution in [2.45, 2.75) is 32.1 Å². The van der Waals surface area contributed by atoms with Gasteiger partial charge in [0.1, 0.15) is 23.8 Å². The van der Waals surface area contributed by atoms with E-state index in [9.17, 15) is 9.59 Å². The molecule has 1 aliphatic heterocycles. The lowest BCUT2D eigenvalue weighted by Crippen LogP contribution is -2.25. The molecule has 0 saturated carbocycles. The third kappa shape index (κ3) is 3.80. The molecule has 0 bridgehead atoms. The van der Waals surface area contributed by atoms with Gasteiger partial charge in [0.15, 0.2) is 5.89 Å². The summed E-state index contributed by atoms with van der Waals surface area (Å²) >= 11 is 1.02. The molecule has 8 heteroatoms. The third-order valence-corrected chi connectivity index (χ3v) is 5.26. The molecule has 3 aromatic rings. The Bertz CT molecular complexity index is 1050. The number of amides is 2. The lowest BCUT2D eigenvalue weighted by Gasteiger charge is -2.08. The number of benzene rings is 1. The van der Waals surface area contributed by atoms with Gasteiger partial charge in [-0.2, -0.15) is 0 Å². The SMILES string of the molecule is Cc1nc(COc2ccc3cc(CC4SC(=O)NC4=O)cnc3c2)c(C)o1. The van der Waals surface area contributed by atoms with Gasteiger partial charge in [-0.3, -0.25) is 19.9 Å². The first kappa shape index (κ1) is 17.5. The predicted molar refractivity (Wildman–Crippen MR) is 101 cm³/mol. The molecule has 2 aromatic heterocycles. The Morgan fingerprint density at radius 3 is 2.81 bits per heavy atom. The Balaban J connectivity index is 1.47. The quantitative estimate of drug-likeness (QED) is 0.722. The first-order chi connectivity index (χ1) is 13.0. The van der Waals surface area contributed by atoms with Crippen LogP contribution in [0.4, 0.5) is 4.79 Å². The molecule has 138 valence electrons. The monoisotopic (exact) mass is 383 g/mol. The van der Waals surface area contributed by atoms with E-state index < -0.39 is 5.25 Å². The lowest BCUT2D eigenvalue weighted by molar-refractivity contribution is -0.118. The van der Waals surface area contributed by atoms with Gasteiger partial charge in [0.2, 0.25) is 5.91 Å². The molecule has 1 saturated heterocycles. The zero-order valence-corrected chi connectivity index (χ0v) is 15.6. The number of fused-ring (bicyclic) bond motifs is 1. The van der Waals surface area contributed by atoms with E-state index in [4.69, 9.17) is 9.15 Å². The summed E-state index contributed by atoms with van der Waals surface area (Å²) in [6, 6.07) is 7.64. The standard InChI is InChI=1S/C19H17N3O4S/c1-10-16(21-11(2)26-10)9-25-14-4-3-13-5-12(8-20-15(13)7-14)6-17-18(23)22-19(24)27-17/h3-5,7-8,17H,6,9H2,1-2H3,(H,22,23,24). The van der Waals surface area contributed by atoms with Gasteiger partial charge in [-0.25, -0.2) is 4.98 Å². The normalized spacial score (nSPS) is 16.7. The van der Waals surface area contributed by atoms with E-state index >= 15 is 0 Å².